The first-order valence-electron chi connectivity index (χ1n) is 21.2. The van der Waals surface area contributed by atoms with E-state index in [1.54, 1.807) is 103 Å². The average Bonchev–Trinajstić information content (AvgIpc) is 3.88. The Morgan fingerprint density at radius 2 is 1.12 bits per heavy atom. The smallest absolute Gasteiger partial charge is 0.258 e. The molecule has 6 aromatic rings. The molecule has 2 aliphatic heterocycles. The molecule has 2 aromatic heterocycles. The maximum Gasteiger partial charge on any atom is 0.258 e. The Hall–Kier alpha value is -7.13. The summed E-state index contributed by atoms with van der Waals surface area (Å²) in [6, 6.07) is 32.8. The van der Waals surface area contributed by atoms with E-state index in [0.29, 0.717) is 80.1 Å². The van der Waals surface area contributed by atoms with Crippen LogP contribution in [0.15, 0.2) is 128 Å². The number of carbonyl (C=O) groups excluding carboxylic acids is 3. The van der Waals surface area contributed by atoms with Gasteiger partial charge in [0.2, 0.25) is 0 Å². The highest BCUT2D eigenvalue weighted by Gasteiger charge is 2.26. The number of anilines is 4. The molecule has 14 nitrogen and oxygen atoms in total. The molecule has 7 N–H and O–H groups in total. The van der Waals surface area contributed by atoms with Crippen LogP contribution in [-0.4, -0.2) is 80.4 Å². The predicted octanol–water partition coefficient (Wildman–Crippen LogP) is 9.27. The quantitative estimate of drug-likeness (QED) is 0.0355. The van der Waals surface area contributed by atoms with Crippen molar-refractivity contribution in [3.63, 3.8) is 0 Å². The Balaban J connectivity index is 0.912. The molecule has 2 saturated heterocycles. The number of pyridine rings is 2. The van der Waals surface area contributed by atoms with Crippen molar-refractivity contribution >= 4 is 75.6 Å². The minimum Gasteiger partial charge on any atom is -0.369 e. The van der Waals surface area contributed by atoms with Gasteiger partial charge in [-0.25, -0.2) is 9.97 Å². The highest BCUT2D eigenvalue weighted by atomic mass is 35.5. The van der Waals surface area contributed by atoms with Crippen LogP contribution in [-0.2, 0) is 0 Å². The topological polar surface area (TPSA) is 200 Å². The van der Waals surface area contributed by atoms with E-state index in [1.165, 1.54) is 12.4 Å². The number of hydrogen-bond acceptors (Lipinski definition) is 9. The molecule has 16 heteroatoms. The molecule has 0 radical (unpaired) electrons. The Morgan fingerprint density at radius 3 is 1.69 bits per heavy atom. The fourth-order valence-electron chi connectivity index (χ4n) is 7.96. The first kappa shape index (κ1) is 44.5. The van der Waals surface area contributed by atoms with Crippen molar-refractivity contribution in [3.05, 3.63) is 177 Å². The highest BCUT2D eigenvalue weighted by Crippen LogP contribution is 2.33. The number of halogens is 2. The number of aromatic nitrogens is 2. The predicted molar refractivity (Wildman–Crippen MR) is 255 cm³/mol. The lowest BCUT2D eigenvalue weighted by molar-refractivity contribution is 0.101. The van der Waals surface area contributed by atoms with Crippen molar-refractivity contribution in [3.8, 4) is 0 Å². The van der Waals surface area contributed by atoms with Crippen LogP contribution in [0.25, 0.3) is 0 Å². The van der Waals surface area contributed by atoms with Crippen molar-refractivity contribution < 1.29 is 19.5 Å². The zero-order valence-corrected chi connectivity index (χ0v) is 36.7. The van der Waals surface area contributed by atoms with Crippen LogP contribution in [0.1, 0.15) is 91.2 Å². The largest absolute Gasteiger partial charge is 0.369 e. The third-order valence-electron chi connectivity index (χ3n) is 11.6. The summed E-state index contributed by atoms with van der Waals surface area (Å²) in [5, 5.41) is 41.2. The summed E-state index contributed by atoms with van der Waals surface area (Å²) in [5.41, 5.74) is 4.67. The van der Waals surface area contributed by atoms with Crippen molar-refractivity contribution in [1.29, 1.82) is 10.8 Å². The number of para-hydroxylation sites is 1. The first-order valence-corrected chi connectivity index (χ1v) is 22.0. The van der Waals surface area contributed by atoms with Gasteiger partial charge in [0.05, 0.1) is 26.9 Å². The zero-order valence-electron chi connectivity index (χ0n) is 35.2. The molecule has 4 aromatic carbocycles. The lowest BCUT2D eigenvalue weighted by Crippen LogP contribution is -2.38. The fraction of sp³-hybridized carbons (Fsp3) is 0.204. The van der Waals surface area contributed by atoms with Crippen LogP contribution < -0.4 is 21.3 Å². The van der Waals surface area contributed by atoms with Gasteiger partial charge in [0, 0.05) is 66.5 Å². The van der Waals surface area contributed by atoms with E-state index in [2.05, 4.69) is 31.2 Å². The molecule has 1 atom stereocenters. The van der Waals surface area contributed by atoms with Crippen molar-refractivity contribution in [1.82, 2.24) is 19.8 Å². The monoisotopic (exact) mass is 908 g/mol. The van der Waals surface area contributed by atoms with Gasteiger partial charge in [-0.1, -0.05) is 77.8 Å². The van der Waals surface area contributed by atoms with Crippen LogP contribution in [0.5, 0.6) is 0 Å². The van der Waals surface area contributed by atoms with Crippen LogP contribution in [0.3, 0.4) is 0 Å². The van der Waals surface area contributed by atoms with Gasteiger partial charge in [0.1, 0.15) is 23.3 Å². The second-order valence-electron chi connectivity index (χ2n) is 15.8. The van der Waals surface area contributed by atoms with E-state index < -0.39 is 23.9 Å². The van der Waals surface area contributed by atoms with E-state index in [4.69, 9.17) is 34.0 Å². The number of nitrogens with one attached hydrogen (secondary N) is 6. The van der Waals surface area contributed by atoms with Crippen molar-refractivity contribution in [2.75, 3.05) is 47.4 Å². The summed E-state index contributed by atoms with van der Waals surface area (Å²) in [4.78, 5) is 52.8. The molecule has 65 heavy (non-hydrogen) atoms. The number of carbonyl (C=O) groups is 3. The summed E-state index contributed by atoms with van der Waals surface area (Å²) in [7, 11) is 0. The Kier molecular flexibility index (Phi) is 13.8. The van der Waals surface area contributed by atoms with E-state index in [-0.39, 0.29) is 11.5 Å². The first-order chi connectivity index (χ1) is 31.5. The van der Waals surface area contributed by atoms with E-state index in [0.717, 1.165) is 49.9 Å². The molecule has 0 saturated carbocycles. The normalized spacial score (nSPS) is 14.3. The number of amides is 3. The number of hydrogen-bond donors (Lipinski definition) is 7. The van der Waals surface area contributed by atoms with Gasteiger partial charge in [-0.2, -0.15) is 0 Å². The lowest BCUT2D eigenvalue weighted by Gasteiger charge is -2.34. The minimum atomic E-state index is -1.14. The molecule has 4 heterocycles. The van der Waals surface area contributed by atoms with Crippen molar-refractivity contribution in [2.45, 2.75) is 37.8 Å². The second-order valence-corrected chi connectivity index (χ2v) is 16.7. The molecule has 1 unspecified atom stereocenters. The van der Waals surface area contributed by atoms with Crippen molar-refractivity contribution in [2.24, 2.45) is 0 Å². The zero-order chi connectivity index (χ0) is 45.5. The Morgan fingerprint density at radius 1 is 0.600 bits per heavy atom. The number of benzene rings is 4. The molecule has 330 valence electrons. The Bertz CT molecular complexity index is 2700. The summed E-state index contributed by atoms with van der Waals surface area (Å²) >= 11 is 11.9. The van der Waals surface area contributed by atoms with Gasteiger partial charge in [-0.05, 0) is 97.8 Å². The molecule has 0 spiro atoms. The molecule has 2 fully saturated rings. The summed E-state index contributed by atoms with van der Waals surface area (Å²) < 4.78 is 0. The number of likely N-dealkylation sites (tertiary alicyclic amines) is 2. The van der Waals surface area contributed by atoms with Gasteiger partial charge in [-0.3, -0.25) is 25.2 Å². The van der Waals surface area contributed by atoms with E-state index in [9.17, 15) is 19.5 Å². The fourth-order valence-corrected chi connectivity index (χ4v) is 8.18. The summed E-state index contributed by atoms with van der Waals surface area (Å²) in [5.74, 6) is 0.292. The van der Waals surface area contributed by atoms with Gasteiger partial charge in [0.25, 0.3) is 17.7 Å². The maximum atomic E-state index is 13.7. The second kappa shape index (κ2) is 20.1. The molecule has 0 bridgehead atoms. The van der Waals surface area contributed by atoms with Gasteiger partial charge in [0.15, 0.2) is 6.23 Å². The molecular weight excluding hydrogens is 864 g/mol. The van der Waals surface area contributed by atoms with Crippen LogP contribution in [0, 0.1) is 10.8 Å². The van der Waals surface area contributed by atoms with Crippen LogP contribution >= 0.6 is 23.2 Å². The molecule has 0 aliphatic carbocycles. The Labute approximate surface area is 386 Å². The molecular formula is C49H46Cl2N10O4. The number of amidine groups is 2. The average molecular weight is 910 g/mol. The minimum absolute atomic E-state index is 0.0941. The van der Waals surface area contributed by atoms with Gasteiger partial charge >= 0.3 is 0 Å². The van der Waals surface area contributed by atoms with Gasteiger partial charge in [-0.15, -0.1) is 0 Å². The molecule has 3 amide bonds. The lowest BCUT2D eigenvalue weighted by atomic mass is 9.88. The van der Waals surface area contributed by atoms with E-state index >= 15 is 0 Å². The number of nitrogens with zero attached hydrogens (tertiary/aromatic N) is 4. The SMILES string of the molecule is N=C(c1ccc(C(=O)Nc2cc(C3CCN(C(=N)c4ccc(C(O)Nc5ccccc5C(=O)Nc5ccc(Cl)cn5)cc4)CC3)ccc2C(=O)Nc2ccc(Cl)cn2)cc1)N1CCCC1. The van der Waals surface area contributed by atoms with Crippen LogP contribution in [0.4, 0.5) is 23.0 Å². The van der Waals surface area contributed by atoms with Gasteiger partial charge < -0.3 is 36.2 Å². The maximum absolute atomic E-state index is 13.7. The standard InChI is InChI=1S/C49H46Cl2N10O4/c50-36-16-19-42(54-28-36)58-48(64)38-5-1-2-6-40(38)56-46(62)33-11-9-32(10-12-33)45(53)61-25-21-30(22-26-61)35-15-18-39(49(65)59-43-20-17-37(51)29-55-43)41(27-35)57-47(63)34-13-7-31(8-14-34)44(52)60-23-3-4-24-60/h1-2,5-20,27-30,46,52-53,56,62H,3-4,21-26H2,(H,57,63)(H,54,58,64)(H,55,59,65). The molecule has 8 rings (SSSR count). The van der Waals surface area contributed by atoms with Crippen LogP contribution in [0.2, 0.25) is 10.0 Å². The molecule has 2 aliphatic rings. The number of aliphatic hydroxyl groups is 1. The number of piperidine rings is 1. The number of rotatable bonds is 12. The highest BCUT2D eigenvalue weighted by molar-refractivity contribution is 6.30. The third-order valence-corrected chi connectivity index (χ3v) is 12.0. The third kappa shape index (κ3) is 10.8. The number of aliphatic hydroxyl groups excluding tert-OH is 1. The summed E-state index contributed by atoms with van der Waals surface area (Å²) in [6.07, 6.45) is 5.31. The van der Waals surface area contributed by atoms with E-state index in [1.807, 2.05) is 21.9 Å². The summed E-state index contributed by atoms with van der Waals surface area (Å²) in [6.45, 7) is 2.90.